The molecule has 5 nitrogen and oxygen atoms in total. The zero-order valence-electron chi connectivity index (χ0n) is 9.98. The Morgan fingerprint density at radius 3 is 2.88 bits per heavy atom. The van der Waals surface area contributed by atoms with Gasteiger partial charge >= 0.3 is 5.97 Å². The molecule has 1 aromatic heterocycles. The molecule has 0 aromatic carbocycles. The summed E-state index contributed by atoms with van der Waals surface area (Å²) in [6.07, 6.45) is 4.74. The molecule has 17 heavy (non-hydrogen) atoms. The Bertz CT molecular complexity index is 442. The molecular formula is C11H14FN3O2. The van der Waals surface area contributed by atoms with E-state index in [4.69, 9.17) is 11.2 Å². The average Bonchev–Trinajstić information content (AvgIpc) is 2.63. The predicted octanol–water partition coefficient (Wildman–Crippen LogP) is 1.20. The number of carbonyl (C=O) groups is 1. The number of alkyl halides is 1. The van der Waals surface area contributed by atoms with Gasteiger partial charge in [0, 0.05) is 0 Å². The summed E-state index contributed by atoms with van der Waals surface area (Å²) in [6.45, 7) is 5.09. The molecule has 1 atom stereocenters. The summed E-state index contributed by atoms with van der Waals surface area (Å²) in [5.74, 6) is 1.32. The Kier molecular flexibility index (Phi) is 3.84. The van der Waals surface area contributed by atoms with Crippen LogP contribution in [0.15, 0.2) is 6.20 Å². The van der Waals surface area contributed by atoms with Crippen LogP contribution in [-0.4, -0.2) is 32.7 Å². The minimum absolute atomic E-state index is 0.0316. The highest BCUT2D eigenvalue weighted by atomic mass is 19.1. The monoisotopic (exact) mass is 239 g/mol. The minimum Gasteiger partial charge on any atom is -0.455 e. The number of hydrogen-bond donors (Lipinski definition) is 0. The van der Waals surface area contributed by atoms with Gasteiger partial charge in [-0.1, -0.05) is 11.1 Å². The molecule has 1 rings (SSSR count). The second-order valence-corrected chi connectivity index (χ2v) is 4.46. The first-order valence-electron chi connectivity index (χ1n) is 5.05. The zero-order valence-corrected chi connectivity index (χ0v) is 9.98. The molecule has 92 valence electrons. The highest BCUT2D eigenvalue weighted by Crippen LogP contribution is 2.10. The minimum atomic E-state index is -1.46. The molecule has 0 fully saturated rings. The van der Waals surface area contributed by atoms with Gasteiger partial charge in [-0.15, -0.1) is 11.5 Å². The van der Waals surface area contributed by atoms with Gasteiger partial charge in [-0.3, -0.25) is 0 Å². The highest BCUT2D eigenvalue weighted by Gasteiger charge is 2.20. The van der Waals surface area contributed by atoms with E-state index >= 15 is 0 Å². The van der Waals surface area contributed by atoms with E-state index in [2.05, 4.69) is 10.3 Å². The van der Waals surface area contributed by atoms with Crippen LogP contribution < -0.4 is 0 Å². The summed E-state index contributed by atoms with van der Waals surface area (Å²) in [6, 6.07) is 0. The Morgan fingerprint density at radius 1 is 1.71 bits per heavy atom. The van der Waals surface area contributed by atoms with Crippen molar-refractivity contribution in [1.29, 1.82) is 0 Å². The maximum absolute atomic E-state index is 12.9. The fourth-order valence-corrected chi connectivity index (χ4v) is 1.03. The quantitative estimate of drug-likeness (QED) is 0.587. The Hall–Kier alpha value is -1.90. The molecule has 0 saturated heterocycles. The van der Waals surface area contributed by atoms with Gasteiger partial charge in [0.25, 0.3) is 0 Å². The molecule has 0 aliphatic rings. The van der Waals surface area contributed by atoms with E-state index in [0.717, 1.165) is 0 Å². The van der Waals surface area contributed by atoms with Crippen molar-refractivity contribution in [2.45, 2.75) is 39.1 Å². The number of esters is 1. The molecule has 0 radical (unpaired) electrons. The third kappa shape index (κ3) is 4.23. The van der Waals surface area contributed by atoms with Gasteiger partial charge < -0.3 is 4.74 Å². The maximum atomic E-state index is 12.9. The van der Waals surface area contributed by atoms with Crippen LogP contribution in [0.3, 0.4) is 0 Å². The number of hydrogen-bond acceptors (Lipinski definition) is 4. The van der Waals surface area contributed by atoms with Crippen LogP contribution in [0.2, 0.25) is 0 Å². The standard InChI is InChI=1S/C11H14FN3O2/c1-5-8(12)6-15-7-9(13-14-15)10(16)17-11(2,3)4/h1,7-8H,6H2,2-4H3. The van der Waals surface area contributed by atoms with Crippen molar-refractivity contribution in [3.05, 3.63) is 11.9 Å². The summed E-state index contributed by atoms with van der Waals surface area (Å²) in [7, 11) is 0. The third-order valence-corrected chi connectivity index (χ3v) is 1.67. The van der Waals surface area contributed by atoms with Gasteiger partial charge in [-0.05, 0) is 20.8 Å². The van der Waals surface area contributed by atoms with E-state index in [-0.39, 0.29) is 12.2 Å². The number of halogens is 1. The van der Waals surface area contributed by atoms with Crippen LogP contribution >= 0.6 is 0 Å². The van der Waals surface area contributed by atoms with Gasteiger partial charge in [0.1, 0.15) is 5.60 Å². The fraction of sp³-hybridized carbons (Fsp3) is 0.545. The summed E-state index contributed by atoms with van der Waals surface area (Å²) < 4.78 is 19.1. The van der Waals surface area contributed by atoms with Crippen molar-refractivity contribution in [1.82, 2.24) is 15.0 Å². The number of carbonyl (C=O) groups excluding carboxylic acids is 1. The van der Waals surface area contributed by atoms with E-state index in [9.17, 15) is 9.18 Å². The van der Waals surface area contributed by atoms with E-state index < -0.39 is 17.7 Å². The zero-order chi connectivity index (χ0) is 13.1. The van der Waals surface area contributed by atoms with Gasteiger partial charge in [-0.25, -0.2) is 13.9 Å². The molecule has 0 saturated carbocycles. The molecule has 0 amide bonds. The van der Waals surface area contributed by atoms with Crippen molar-refractivity contribution in [3.63, 3.8) is 0 Å². The van der Waals surface area contributed by atoms with E-state index in [1.165, 1.54) is 10.9 Å². The van der Waals surface area contributed by atoms with Crippen LogP contribution in [-0.2, 0) is 11.3 Å². The normalized spacial score (nSPS) is 12.9. The van der Waals surface area contributed by atoms with Crippen LogP contribution in [0, 0.1) is 12.3 Å². The highest BCUT2D eigenvalue weighted by molar-refractivity contribution is 5.86. The molecule has 0 N–H and O–H groups in total. The molecule has 0 aliphatic heterocycles. The predicted molar refractivity (Wildman–Crippen MR) is 58.9 cm³/mol. The van der Waals surface area contributed by atoms with Crippen molar-refractivity contribution in [2.24, 2.45) is 0 Å². The number of rotatable bonds is 3. The number of aromatic nitrogens is 3. The van der Waals surface area contributed by atoms with E-state index in [1.54, 1.807) is 20.8 Å². The summed E-state index contributed by atoms with van der Waals surface area (Å²) in [5, 5.41) is 7.18. The second-order valence-electron chi connectivity index (χ2n) is 4.46. The van der Waals surface area contributed by atoms with Crippen LogP contribution in [0.1, 0.15) is 31.3 Å². The van der Waals surface area contributed by atoms with Crippen LogP contribution in [0.25, 0.3) is 0 Å². The van der Waals surface area contributed by atoms with Crippen molar-refractivity contribution in [3.8, 4) is 12.3 Å². The van der Waals surface area contributed by atoms with Gasteiger partial charge in [-0.2, -0.15) is 0 Å². The van der Waals surface area contributed by atoms with Crippen LogP contribution in [0.5, 0.6) is 0 Å². The number of nitrogens with zero attached hydrogens (tertiary/aromatic N) is 3. The van der Waals surface area contributed by atoms with Crippen LogP contribution in [0.4, 0.5) is 4.39 Å². The SMILES string of the molecule is C#CC(F)Cn1cc(C(=O)OC(C)(C)C)nn1. The molecule has 0 bridgehead atoms. The van der Waals surface area contributed by atoms with Crippen molar-refractivity contribution < 1.29 is 13.9 Å². The Labute approximate surface area is 99.0 Å². The van der Waals surface area contributed by atoms with Crippen molar-refractivity contribution >= 4 is 5.97 Å². The Balaban J connectivity index is 2.69. The molecule has 1 unspecified atom stereocenters. The smallest absolute Gasteiger partial charge is 0.361 e. The third-order valence-electron chi connectivity index (χ3n) is 1.67. The molecule has 1 heterocycles. The Morgan fingerprint density at radius 2 is 2.35 bits per heavy atom. The molecule has 1 aromatic rings. The lowest BCUT2D eigenvalue weighted by molar-refractivity contribution is 0.00627. The first-order chi connectivity index (χ1) is 7.81. The summed E-state index contributed by atoms with van der Waals surface area (Å²) >= 11 is 0. The lowest BCUT2D eigenvalue weighted by atomic mass is 10.2. The molecule has 0 spiro atoms. The summed E-state index contributed by atoms with van der Waals surface area (Å²) in [4.78, 5) is 11.6. The lowest BCUT2D eigenvalue weighted by Crippen LogP contribution is -2.24. The van der Waals surface area contributed by atoms with Gasteiger partial charge in [0.05, 0.1) is 12.7 Å². The topological polar surface area (TPSA) is 57.0 Å². The summed E-state index contributed by atoms with van der Waals surface area (Å²) in [5.41, 5.74) is -0.577. The van der Waals surface area contributed by atoms with E-state index in [0.29, 0.717) is 0 Å². The first-order valence-corrected chi connectivity index (χ1v) is 5.05. The lowest BCUT2D eigenvalue weighted by Gasteiger charge is -2.18. The van der Waals surface area contributed by atoms with Crippen molar-refractivity contribution in [2.75, 3.05) is 0 Å². The van der Waals surface area contributed by atoms with Gasteiger partial charge in [0.15, 0.2) is 11.9 Å². The number of terminal acetylenes is 1. The molecular weight excluding hydrogens is 225 g/mol. The molecule has 6 heteroatoms. The molecule has 0 aliphatic carbocycles. The largest absolute Gasteiger partial charge is 0.455 e. The average molecular weight is 239 g/mol. The second kappa shape index (κ2) is 4.95. The first kappa shape index (κ1) is 13.2. The number of ether oxygens (including phenoxy) is 1. The maximum Gasteiger partial charge on any atom is 0.361 e. The van der Waals surface area contributed by atoms with Gasteiger partial charge in [0.2, 0.25) is 0 Å². The van der Waals surface area contributed by atoms with E-state index in [1.807, 2.05) is 5.92 Å². The fourth-order valence-electron chi connectivity index (χ4n) is 1.03.